The van der Waals surface area contributed by atoms with Crippen LogP contribution in [0.15, 0.2) is 46.0 Å². The topological polar surface area (TPSA) is 93.4 Å². The Morgan fingerprint density at radius 2 is 1.65 bits per heavy atom. The summed E-state index contributed by atoms with van der Waals surface area (Å²) in [7, 11) is 2.87. The van der Waals surface area contributed by atoms with Crippen LogP contribution in [0.25, 0.3) is 0 Å². The van der Waals surface area contributed by atoms with Gasteiger partial charge in [0.1, 0.15) is 5.54 Å². The molecule has 1 fully saturated rings. The Labute approximate surface area is 149 Å². The van der Waals surface area contributed by atoms with Gasteiger partial charge in [-0.25, -0.2) is 9.59 Å². The lowest BCUT2D eigenvalue weighted by Gasteiger charge is -2.25. The number of carbonyl (C=O) groups is 2. The Hall–Kier alpha value is -3.16. The fourth-order valence-electron chi connectivity index (χ4n) is 3.22. The second-order valence-electron chi connectivity index (χ2n) is 6.32. The smallest absolute Gasteiger partial charge is 0.319 e. The van der Waals surface area contributed by atoms with E-state index in [0.29, 0.717) is 17.7 Å². The van der Waals surface area contributed by atoms with Crippen LogP contribution in [-0.4, -0.2) is 26.0 Å². The van der Waals surface area contributed by atoms with Crippen molar-refractivity contribution in [2.24, 2.45) is 14.1 Å². The van der Waals surface area contributed by atoms with Crippen LogP contribution >= 0.6 is 0 Å². The summed E-state index contributed by atoms with van der Waals surface area (Å²) in [6, 6.07) is 9.74. The average molecular weight is 356 g/mol. The van der Waals surface area contributed by atoms with Gasteiger partial charge in [-0.1, -0.05) is 37.3 Å². The third-order valence-electron chi connectivity index (χ3n) is 4.92. The minimum absolute atomic E-state index is 0.152. The second-order valence-corrected chi connectivity index (χ2v) is 6.32. The first-order chi connectivity index (χ1) is 12.3. The van der Waals surface area contributed by atoms with Crippen LogP contribution in [0, 0.1) is 0 Å². The third kappa shape index (κ3) is 2.54. The molecule has 0 radical (unpaired) electrons. The molecule has 1 aromatic heterocycles. The summed E-state index contributed by atoms with van der Waals surface area (Å²) in [6.45, 7) is 1.67. The fraction of sp³-hybridized carbons (Fsp3) is 0.333. The zero-order valence-electron chi connectivity index (χ0n) is 14.9. The first-order valence-corrected chi connectivity index (χ1v) is 8.27. The van der Waals surface area contributed by atoms with Gasteiger partial charge in [-0.3, -0.25) is 23.6 Å². The Balaban J connectivity index is 2.01. The zero-order valence-corrected chi connectivity index (χ0v) is 14.9. The van der Waals surface area contributed by atoms with E-state index < -0.39 is 28.7 Å². The minimum atomic E-state index is -1.14. The summed E-state index contributed by atoms with van der Waals surface area (Å²) in [5.41, 5.74) is -1.15. The van der Waals surface area contributed by atoms with Crippen molar-refractivity contribution in [3.05, 3.63) is 68.5 Å². The standard InChI is InChI=1S/C18H20N4O4/c1-4-18(12-8-6-5-7-9-12)15(24)22(16(25)19-18)11-13-10-14(23)21(3)17(26)20(13)2/h5-10H,4,11H2,1-3H3,(H,19,25)/t18-/m0/s1. The maximum absolute atomic E-state index is 13.1. The molecule has 2 aromatic rings. The molecule has 136 valence electrons. The fourth-order valence-corrected chi connectivity index (χ4v) is 3.22. The van der Waals surface area contributed by atoms with Crippen LogP contribution in [0.4, 0.5) is 4.79 Å². The highest BCUT2D eigenvalue weighted by molar-refractivity contribution is 6.07. The number of aromatic nitrogens is 2. The highest BCUT2D eigenvalue weighted by Gasteiger charge is 2.51. The molecular weight excluding hydrogens is 336 g/mol. The van der Waals surface area contributed by atoms with E-state index in [1.54, 1.807) is 24.3 Å². The molecule has 8 nitrogen and oxygen atoms in total. The lowest BCUT2D eigenvalue weighted by molar-refractivity contribution is -0.132. The molecule has 0 aliphatic carbocycles. The van der Waals surface area contributed by atoms with Gasteiger partial charge >= 0.3 is 11.7 Å². The normalized spacial score (nSPS) is 19.7. The molecule has 0 saturated carbocycles. The van der Waals surface area contributed by atoms with Crippen molar-refractivity contribution in [3.63, 3.8) is 0 Å². The number of urea groups is 1. The van der Waals surface area contributed by atoms with E-state index in [4.69, 9.17) is 0 Å². The monoisotopic (exact) mass is 356 g/mol. The maximum Gasteiger partial charge on any atom is 0.330 e. The van der Waals surface area contributed by atoms with E-state index in [1.807, 2.05) is 13.0 Å². The molecule has 3 rings (SSSR count). The van der Waals surface area contributed by atoms with Crippen molar-refractivity contribution < 1.29 is 9.59 Å². The van der Waals surface area contributed by atoms with Crippen LogP contribution in [0.5, 0.6) is 0 Å². The number of hydrogen-bond acceptors (Lipinski definition) is 4. The van der Waals surface area contributed by atoms with Gasteiger partial charge in [-0.2, -0.15) is 0 Å². The van der Waals surface area contributed by atoms with Crippen molar-refractivity contribution in [2.45, 2.75) is 25.4 Å². The summed E-state index contributed by atoms with van der Waals surface area (Å²) in [5, 5.41) is 2.78. The first-order valence-electron chi connectivity index (χ1n) is 8.27. The highest BCUT2D eigenvalue weighted by atomic mass is 16.2. The van der Waals surface area contributed by atoms with E-state index in [0.717, 1.165) is 9.47 Å². The maximum atomic E-state index is 13.1. The van der Waals surface area contributed by atoms with Crippen LogP contribution < -0.4 is 16.6 Å². The van der Waals surface area contributed by atoms with Gasteiger partial charge in [0.05, 0.1) is 6.54 Å². The summed E-state index contributed by atoms with van der Waals surface area (Å²) >= 11 is 0. The molecule has 0 unspecified atom stereocenters. The van der Waals surface area contributed by atoms with Crippen LogP contribution in [0.1, 0.15) is 24.6 Å². The Morgan fingerprint density at radius 1 is 1.00 bits per heavy atom. The molecule has 1 aromatic carbocycles. The van der Waals surface area contributed by atoms with Gasteiger partial charge in [-0.15, -0.1) is 0 Å². The molecular formula is C18H20N4O4. The summed E-state index contributed by atoms with van der Waals surface area (Å²) < 4.78 is 2.23. The summed E-state index contributed by atoms with van der Waals surface area (Å²) in [6.07, 6.45) is 0.383. The zero-order chi connectivity index (χ0) is 19.1. The molecule has 0 spiro atoms. The quantitative estimate of drug-likeness (QED) is 0.805. The van der Waals surface area contributed by atoms with Gasteiger partial charge in [0.25, 0.3) is 11.5 Å². The number of nitrogens with zero attached hydrogens (tertiary/aromatic N) is 3. The molecule has 1 aliphatic rings. The molecule has 1 saturated heterocycles. The lowest BCUT2D eigenvalue weighted by atomic mass is 9.87. The molecule has 1 aliphatic heterocycles. The molecule has 2 heterocycles. The predicted molar refractivity (Wildman–Crippen MR) is 94.4 cm³/mol. The average Bonchev–Trinajstić information content (AvgIpc) is 2.90. The van der Waals surface area contributed by atoms with E-state index in [9.17, 15) is 19.2 Å². The first kappa shape index (κ1) is 17.7. The highest BCUT2D eigenvalue weighted by Crippen LogP contribution is 2.32. The van der Waals surface area contributed by atoms with Gasteiger partial charge in [0, 0.05) is 25.9 Å². The number of carbonyl (C=O) groups excluding carboxylic acids is 2. The van der Waals surface area contributed by atoms with Gasteiger partial charge < -0.3 is 5.32 Å². The van der Waals surface area contributed by atoms with Crippen molar-refractivity contribution in [1.82, 2.24) is 19.4 Å². The second kappa shape index (κ2) is 6.29. The summed E-state index contributed by atoms with van der Waals surface area (Å²) in [5.74, 6) is -0.399. The SMILES string of the molecule is CC[C@@]1(c2ccccc2)NC(=O)N(Cc2cc(=O)n(C)c(=O)n2C)C1=O. The Bertz CT molecular complexity index is 992. The minimum Gasteiger partial charge on any atom is -0.319 e. The van der Waals surface area contributed by atoms with Gasteiger partial charge in [0.15, 0.2) is 0 Å². The number of nitrogens with one attached hydrogen (secondary N) is 1. The van der Waals surface area contributed by atoms with Gasteiger partial charge in [-0.05, 0) is 12.0 Å². The molecule has 1 atom stereocenters. The van der Waals surface area contributed by atoms with Gasteiger partial charge in [0.2, 0.25) is 0 Å². The van der Waals surface area contributed by atoms with Crippen molar-refractivity contribution in [2.75, 3.05) is 0 Å². The van der Waals surface area contributed by atoms with Crippen LogP contribution in [-0.2, 0) is 31.0 Å². The Morgan fingerprint density at radius 3 is 2.27 bits per heavy atom. The number of rotatable bonds is 4. The van der Waals surface area contributed by atoms with Crippen molar-refractivity contribution in [3.8, 4) is 0 Å². The number of imide groups is 1. The van der Waals surface area contributed by atoms with E-state index in [2.05, 4.69) is 5.32 Å². The molecule has 3 amide bonds. The van der Waals surface area contributed by atoms with Crippen LogP contribution in [0.2, 0.25) is 0 Å². The molecule has 0 bridgehead atoms. The van der Waals surface area contributed by atoms with E-state index in [1.165, 1.54) is 24.7 Å². The lowest BCUT2D eigenvalue weighted by Crippen LogP contribution is -2.43. The Kier molecular flexibility index (Phi) is 4.27. The number of hydrogen-bond donors (Lipinski definition) is 1. The van der Waals surface area contributed by atoms with Crippen molar-refractivity contribution >= 4 is 11.9 Å². The third-order valence-corrected chi connectivity index (χ3v) is 4.92. The van der Waals surface area contributed by atoms with Crippen molar-refractivity contribution in [1.29, 1.82) is 0 Å². The number of benzene rings is 1. The van der Waals surface area contributed by atoms with E-state index in [-0.39, 0.29) is 6.54 Å². The summed E-state index contributed by atoms with van der Waals surface area (Å²) in [4.78, 5) is 50.6. The largest absolute Gasteiger partial charge is 0.330 e. The van der Waals surface area contributed by atoms with Crippen LogP contribution in [0.3, 0.4) is 0 Å². The molecule has 1 N–H and O–H groups in total. The molecule has 8 heteroatoms. The molecule has 26 heavy (non-hydrogen) atoms. The number of amides is 3. The van der Waals surface area contributed by atoms with E-state index >= 15 is 0 Å². The predicted octanol–water partition coefficient (Wildman–Crippen LogP) is 0.441.